The molecule has 5 heteroatoms. The van der Waals surface area contributed by atoms with Crippen LogP contribution in [0.5, 0.6) is 0 Å². The highest BCUT2D eigenvalue weighted by atomic mass is 32.1. The van der Waals surface area contributed by atoms with E-state index in [9.17, 15) is 4.79 Å². The predicted molar refractivity (Wildman–Crippen MR) is 78.4 cm³/mol. The summed E-state index contributed by atoms with van der Waals surface area (Å²) in [6.45, 7) is 9.00. The molecular formula is C14H23N3OS. The molecule has 1 atom stereocenters. The molecule has 4 nitrogen and oxygen atoms in total. The first kappa shape index (κ1) is 14.3. The van der Waals surface area contributed by atoms with Gasteiger partial charge in [-0.25, -0.2) is 9.78 Å². The third-order valence-corrected chi connectivity index (χ3v) is 4.26. The van der Waals surface area contributed by atoms with Crippen LogP contribution in [0.1, 0.15) is 51.2 Å². The molecular weight excluding hydrogens is 258 g/mol. The molecule has 2 N–H and O–H groups in total. The third-order valence-electron chi connectivity index (χ3n) is 3.41. The second-order valence-electron chi connectivity index (χ2n) is 6.33. The molecule has 0 aromatic carbocycles. The van der Waals surface area contributed by atoms with Gasteiger partial charge in [0.05, 0.1) is 12.2 Å². The van der Waals surface area contributed by atoms with E-state index < -0.39 is 0 Å². The van der Waals surface area contributed by atoms with Crippen molar-refractivity contribution in [2.45, 2.75) is 58.5 Å². The fourth-order valence-corrected chi connectivity index (χ4v) is 2.82. The van der Waals surface area contributed by atoms with E-state index in [4.69, 9.17) is 0 Å². The summed E-state index contributed by atoms with van der Waals surface area (Å²) in [7, 11) is 0. The second kappa shape index (κ2) is 5.49. The largest absolute Gasteiger partial charge is 0.335 e. The fourth-order valence-electron chi connectivity index (χ4n) is 1.86. The van der Waals surface area contributed by atoms with Gasteiger partial charge in [-0.2, -0.15) is 0 Å². The Labute approximate surface area is 119 Å². The molecule has 1 aromatic heterocycles. The van der Waals surface area contributed by atoms with Gasteiger partial charge in [0.1, 0.15) is 5.01 Å². The maximum absolute atomic E-state index is 11.7. The van der Waals surface area contributed by atoms with E-state index >= 15 is 0 Å². The van der Waals surface area contributed by atoms with Crippen molar-refractivity contribution in [2.75, 3.05) is 0 Å². The Morgan fingerprint density at radius 2 is 2.21 bits per heavy atom. The topological polar surface area (TPSA) is 54.0 Å². The molecule has 1 aliphatic rings. The van der Waals surface area contributed by atoms with Gasteiger partial charge in [-0.05, 0) is 25.7 Å². The summed E-state index contributed by atoms with van der Waals surface area (Å²) in [5, 5.41) is 8.88. The van der Waals surface area contributed by atoms with Crippen LogP contribution in [-0.2, 0) is 12.0 Å². The highest BCUT2D eigenvalue weighted by Gasteiger charge is 2.28. The van der Waals surface area contributed by atoms with Crippen LogP contribution in [0.4, 0.5) is 4.79 Å². The maximum atomic E-state index is 11.7. The van der Waals surface area contributed by atoms with Crippen LogP contribution in [0.25, 0.3) is 0 Å². The number of nitrogens with one attached hydrogen (secondary N) is 2. The Morgan fingerprint density at radius 3 is 2.74 bits per heavy atom. The zero-order chi connectivity index (χ0) is 14.0. The Kier molecular flexibility index (Phi) is 4.13. The molecule has 0 unspecified atom stereocenters. The van der Waals surface area contributed by atoms with Gasteiger partial charge in [0.2, 0.25) is 0 Å². The van der Waals surface area contributed by atoms with E-state index in [0.29, 0.717) is 12.5 Å². The van der Waals surface area contributed by atoms with Crippen molar-refractivity contribution in [3.8, 4) is 0 Å². The van der Waals surface area contributed by atoms with Crippen LogP contribution in [0.15, 0.2) is 5.38 Å². The lowest BCUT2D eigenvalue weighted by molar-refractivity contribution is 0.236. The van der Waals surface area contributed by atoms with E-state index in [2.05, 4.69) is 48.7 Å². The fraction of sp³-hybridized carbons (Fsp3) is 0.714. The van der Waals surface area contributed by atoms with Crippen molar-refractivity contribution in [1.29, 1.82) is 0 Å². The third kappa shape index (κ3) is 4.20. The van der Waals surface area contributed by atoms with Gasteiger partial charge >= 0.3 is 6.03 Å². The zero-order valence-corrected chi connectivity index (χ0v) is 12.9. The van der Waals surface area contributed by atoms with Crippen LogP contribution in [-0.4, -0.2) is 17.1 Å². The van der Waals surface area contributed by atoms with Gasteiger partial charge in [-0.1, -0.05) is 20.8 Å². The number of nitrogens with zero attached hydrogens (tertiary/aromatic N) is 1. The minimum Gasteiger partial charge on any atom is -0.335 e. The van der Waals surface area contributed by atoms with Crippen LogP contribution in [0.3, 0.4) is 0 Å². The standard InChI is InChI=1S/C14H23N3OS/c1-9(10-5-6-10)16-13(18)15-7-12-17-11(8-19-12)14(2,3)4/h8-10H,5-7H2,1-4H3,(H2,15,16,18)/t9-/m1/s1. The van der Waals surface area contributed by atoms with Crippen LogP contribution >= 0.6 is 11.3 Å². The number of carbonyl (C=O) groups is 1. The summed E-state index contributed by atoms with van der Waals surface area (Å²) in [6, 6.07) is 0.188. The number of hydrogen-bond acceptors (Lipinski definition) is 3. The van der Waals surface area contributed by atoms with Crippen LogP contribution < -0.4 is 10.6 Å². The number of carbonyl (C=O) groups excluding carboxylic acids is 1. The molecule has 2 amide bonds. The van der Waals surface area contributed by atoms with Crippen molar-refractivity contribution < 1.29 is 4.79 Å². The van der Waals surface area contributed by atoms with E-state index in [-0.39, 0.29) is 17.5 Å². The van der Waals surface area contributed by atoms with E-state index in [1.54, 1.807) is 11.3 Å². The highest BCUT2D eigenvalue weighted by molar-refractivity contribution is 7.09. The molecule has 106 valence electrons. The van der Waals surface area contributed by atoms with Crippen molar-refractivity contribution in [2.24, 2.45) is 5.92 Å². The minimum absolute atomic E-state index is 0.0670. The molecule has 0 aliphatic heterocycles. The number of hydrogen-bond donors (Lipinski definition) is 2. The van der Waals surface area contributed by atoms with E-state index in [1.165, 1.54) is 12.8 Å². The first-order valence-corrected chi connectivity index (χ1v) is 7.73. The Morgan fingerprint density at radius 1 is 1.53 bits per heavy atom. The Balaban J connectivity index is 1.78. The minimum atomic E-state index is -0.0908. The van der Waals surface area contributed by atoms with Crippen molar-refractivity contribution in [3.63, 3.8) is 0 Å². The predicted octanol–water partition coefficient (Wildman–Crippen LogP) is 3.04. The molecule has 1 heterocycles. The number of urea groups is 1. The number of rotatable bonds is 4. The van der Waals surface area contributed by atoms with Crippen LogP contribution in [0, 0.1) is 5.92 Å². The lowest BCUT2D eigenvalue weighted by Gasteiger charge is -2.14. The normalized spacial score (nSPS) is 17.1. The van der Waals surface area contributed by atoms with Gasteiger partial charge in [0.15, 0.2) is 0 Å². The first-order valence-electron chi connectivity index (χ1n) is 6.85. The molecule has 19 heavy (non-hydrogen) atoms. The monoisotopic (exact) mass is 281 g/mol. The summed E-state index contributed by atoms with van der Waals surface area (Å²) >= 11 is 1.60. The van der Waals surface area contributed by atoms with Gasteiger partial charge in [0, 0.05) is 16.8 Å². The molecule has 2 rings (SSSR count). The summed E-state index contributed by atoms with van der Waals surface area (Å²) in [5.41, 5.74) is 1.15. The summed E-state index contributed by atoms with van der Waals surface area (Å²) in [6.07, 6.45) is 2.48. The lowest BCUT2D eigenvalue weighted by Crippen LogP contribution is -2.41. The van der Waals surface area contributed by atoms with Gasteiger partial charge in [-0.15, -0.1) is 11.3 Å². The molecule has 1 saturated carbocycles. The average Bonchev–Trinajstić information content (AvgIpc) is 3.04. The second-order valence-corrected chi connectivity index (χ2v) is 7.27. The summed E-state index contributed by atoms with van der Waals surface area (Å²) in [4.78, 5) is 16.3. The Hall–Kier alpha value is -1.10. The van der Waals surface area contributed by atoms with Crippen molar-refractivity contribution in [3.05, 3.63) is 16.1 Å². The number of thiazole rings is 1. The van der Waals surface area contributed by atoms with Crippen molar-refractivity contribution in [1.82, 2.24) is 15.6 Å². The quantitative estimate of drug-likeness (QED) is 0.891. The first-order chi connectivity index (χ1) is 8.86. The average molecular weight is 281 g/mol. The Bertz CT molecular complexity index is 446. The maximum Gasteiger partial charge on any atom is 0.315 e. The highest BCUT2D eigenvalue weighted by Crippen LogP contribution is 2.32. The molecule has 1 aliphatic carbocycles. The molecule has 1 aromatic rings. The summed E-state index contributed by atoms with van der Waals surface area (Å²) in [5.74, 6) is 0.679. The van der Waals surface area contributed by atoms with Crippen LogP contribution in [0.2, 0.25) is 0 Å². The van der Waals surface area contributed by atoms with E-state index in [0.717, 1.165) is 10.7 Å². The molecule has 0 radical (unpaired) electrons. The van der Waals surface area contributed by atoms with Gasteiger partial charge in [-0.3, -0.25) is 0 Å². The van der Waals surface area contributed by atoms with E-state index in [1.807, 2.05) is 0 Å². The SMILES string of the molecule is C[C@@H](NC(=O)NCc1nc(C(C)(C)C)cs1)C1CC1. The molecule has 0 spiro atoms. The smallest absolute Gasteiger partial charge is 0.315 e. The molecule has 0 saturated heterocycles. The molecule has 0 bridgehead atoms. The van der Waals surface area contributed by atoms with Gasteiger partial charge in [0.25, 0.3) is 0 Å². The molecule has 1 fully saturated rings. The summed E-state index contributed by atoms with van der Waals surface area (Å²) < 4.78 is 0. The lowest BCUT2D eigenvalue weighted by atomic mass is 9.93. The zero-order valence-electron chi connectivity index (χ0n) is 12.1. The van der Waals surface area contributed by atoms with Gasteiger partial charge < -0.3 is 10.6 Å². The number of amides is 2. The number of aromatic nitrogens is 1. The van der Waals surface area contributed by atoms with Crippen molar-refractivity contribution >= 4 is 17.4 Å².